The van der Waals surface area contributed by atoms with E-state index in [4.69, 9.17) is 18.9 Å². The average molecular weight is 561 g/mol. The van der Waals surface area contributed by atoms with Crippen LogP contribution in [-0.2, 0) is 6.61 Å². The van der Waals surface area contributed by atoms with Crippen molar-refractivity contribution >= 4 is 22.1 Å². The van der Waals surface area contributed by atoms with E-state index in [1.165, 1.54) is 12.1 Å². The molecule has 2 aromatic rings. The molecule has 186 valence electrons. The Morgan fingerprint density at radius 2 is 1.74 bits per heavy atom. The Hall–Kier alpha value is -2.90. The summed E-state index contributed by atoms with van der Waals surface area (Å²) in [7, 11) is 0. The zero-order valence-corrected chi connectivity index (χ0v) is 18.8. The number of hydrogen-bond acceptors (Lipinski definition) is 6. The summed E-state index contributed by atoms with van der Waals surface area (Å²) in [5.41, 5.74) is 1.35. The minimum absolute atomic E-state index is 0.0457. The Balaban J connectivity index is 1.75. The van der Waals surface area contributed by atoms with Crippen molar-refractivity contribution < 1.29 is 49.7 Å². The average Bonchev–Trinajstić information content (AvgIpc) is 3.20. The second kappa shape index (κ2) is 9.76. The van der Waals surface area contributed by atoms with Gasteiger partial charge in [-0.25, -0.2) is 5.43 Å². The fourth-order valence-electron chi connectivity index (χ4n) is 2.69. The van der Waals surface area contributed by atoms with Gasteiger partial charge in [-0.1, -0.05) is 6.07 Å². The predicted molar refractivity (Wildman–Crippen MR) is 109 cm³/mol. The highest BCUT2D eigenvalue weighted by molar-refractivity contribution is 9.10. The summed E-state index contributed by atoms with van der Waals surface area (Å²) in [5.74, 6) is -4.81. The van der Waals surface area contributed by atoms with Crippen molar-refractivity contribution in [2.45, 2.75) is 31.7 Å². The van der Waals surface area contributed by atoms with Crippen molar-refractivity contribution in [3.8, 4) is 23.0 Å². The second-order valence-corrected chi connectivity index (χ2v) is 7.61. The number of halogens is 8. The lowest BCUT2D eigenvalue weighted by Gasteiger charge is -2.27. The summed E-state index contributed by atoms with van der Waals surface area (Å²) in [6, 6.07) is 2.13. The van der Waals surface area contributed by atoms with Crippen LogP contribution in [0.2, 0.25) is 0 Å². The number of alkyl halides is 7. The third-order valence-electron chi connectivity index (χ3n) is 4.32. The topological polar surface area (TPSA) is 61.3 Å². The lowest BCUT2D eigenvalue weighted by atomic mass is 10.2. The first kappa shape index (κ1) is 25.7. The molecule has 34 heavy (non-hydrogen) atoms. The van der Waals surface area contributed by atoms with E-state index >= 15 is 0 Å². The molecule has 0 atom stereocenters. The summed E-state index contributed by atoms with van der Waals surface area (Å²) in [6.45, 7) is 2.04. The van der Waals surface area contributed by atoms with E-state index in [1.807, 2.05) is 0 Å². The van der Waals surface area contributed by atoms with Gasteiger partial charge in [-0.05, 0) is 58.2 Å². The van der Waals surface area contributed by atoms with Gasteiger partial charge in [-0.15, -0.1) is 0 Å². The summed E-state index contributed by atoms with van der Waals surface area (Å²) >= 11 is 3.23. The quantitative estimate of drug-likeness (QED) is 0.180. The first-order chi connectivity index (χ1) is 15.9. The Labute approximate surface area is 196 Å². The summed E-state index contributed by atoms with van der Waals surface area (Å²) in [6.07, 6.45) is -5.84. The van der Waals surface area contributed by atoms with Gasteiger partial charge >= 0.3 is 18.1 Å². The molecule has 0 aliphatic carbocycles. The molecule has 1 aliphatic rings. The first-order valence-electron chi connectivity index (χ1n) is 9.46. The van der Waals surface area contributed by atoms with Gasteiger partial charge in [0, 0.05) is 0 Å². The smallest absolute Gasteiger partial charge is 0.462 e. The van der Waals surface area contributed by atoms with Crippen molar-refractivity contribution in [2.24, 2.45) is 5.10 Å². The number of benzene rings is 2. The summed E-state index contributed by atoms with van der Waals surface area (Å²) in [4.78, 5) is 0. The molecule has 0 aromatic heterocycles. The molecule has 0 radical (unpaired) electrons. The molecule has 2 aromatic carbocycles. The Morgan fingerprint density at radius 3 is 2.41 bits per heavy atom. The molecule has 0 bridgehead atoms. The fourth-order valence-corrected chi connectivity index (χ4v) is 3.26. The monoisotopic (exact) mass is 560 g/mol. The van der Waals surface area contributed by atoms with Crippen LogP contribution in [0.1, 0.15) is 18.1 Å². The van der Waals surface area contributed by atoms with Gasteiger partial charge in [0.05, 0.1) is 17.3 Å². The normalized spacial score (nSPS) is 13.9. The van der Waals surface area contributed by atoms with Gasteiger partial charge in [-0.2, -0.15) is 35.8 Å². The van der Waals surface area contributed by atoms with E-state index < -0.39 is 18.1 Å². The first-order valence-corrected chi connectivity index (χ1v) is 10.2. The molecule has 3 rings (SSSR count). The standard InChI is InChI=1S/C20H16BrF7N2O4/c1-2-31-16-7-12(8-29-30-20(27,28)18(22,23)19(24,25)26)5-13(21)17(16)32-9-11-3-4-14-15(6-11)34-10-33-14/h3-8,30H,2,9-10H2,1H3/b29-8+. The van der Waals surface area contributed by atoms with Crippen LogP contribution in [0, 0.1) is 0 Å². The van der Waals surface area contributed by atoms with Crippen molar-refractivity contribution in [2.75, 3.05) is 13.4 Å². The van der Waals surface area contributed by atoms with Gasteiger partial charge in [0.25, 0.3) is 0 Å². The van der Waals surface area contributed by atoms with Crippen LogP contribution >= 0.6 is 15.9 Å². The van der Waals surface area contributed by atoms with Crippen molar-refractivity contribution in [1.82, 2.24) is 5.43 Å². The number of ether oxygens (including phenoxy) is 4. The van der Waals surface area contributed by atoms with Crippen LogP contribution in [0.3, 0.4) is 0 Å². The third kappa shape index (κ3) is 5.42. The number of hydrogen-bond donors (Lipinski definition) is 1. The van der Waals surface area contributed by atoms with Crippen LogP contribution in [0.15, 0.2) is 39.9 Å². The van der Waals surface area contributed by atoms with E-state index in [-0.39, 0.29) is 41.5 Å². The zero-order valence-electron chi connectivity index (χ0n) is 17.2. The van der Waals surface area contributed by atoms with E-state index in [1.54, 1.807) is 25.1 Å². The highest BCUT2D eigenvalue weighted by Crippen LogP contribution is 2.45. The van der Waals surface area contributed by atoms with Crippen LogP contribution in [0.5, 0.6) is 23.0 Å². The molecule has 14 heteroatoms. The molecule has 0 amide bonds. The minimum Gasteiger partial charge on any atom is -0.490 e. The molecule has 0 saturated heterocycles. The molecule has 0 fully saturated rings. The number of rotatable bonds is 9. The largest absolute Gasteiger partial charge is 0.490 e. The Morgan fingerprint density at radius 1 is 1.03 bits per heavy atom. The zero-order chi connectivity index (χ0) is 25.1. The predicted octanol–water partition coefficient (Wildman–Crippen LogP) is 5.87. The van der Waals surface area contributed by atoms with Gasteiger partial charge in [0.15, 0.2) is 23.0 Å². The SMILES string of the molecule is CCOc1cc(/C=N/NC(F)(F)C(F)(F)C(F)(F)F)cc(Br)c1OCc1ccc2c(c1)OCO2. The molecule has 1 heterocycles. The number of fused-ring (bicyclic) bond motifs is 1. The van der Waals surface area contributed by atoms with Crippen molar-refractivity contribution in [3.63, 3.8) is 0 Å². The van der Waals surface area contributed by atoms with Crippen LogP contribution < -0.4 is 24.4 Å². The molecule has 1 N–H and O–H groups in total. The molecule has 6 nitrogen and oxygen atoms in total. The number of nitrogens with one attached hydrogen (secondary N) is 1. The number of hydrazone groups is 1. The van der Waals surface area contributed by atoms with Crippen molar-refractivity contribution in [1.29, 1.82) is 0 Å². The fraction of sp³-hybridized carbons (Fsp3) is 0.350. The lowest BCUT2D eigenvalue weighted by Crippen LogP contribution is -2.58. The molecule has 0 saturated carbocycles. The summed E-state index contributed by atoms with van der Waals surface area (Å²) in [5, 5.41) is 2.84. The van der Waals surface area contributed by atoms with Crippen LogP contribution in [-0.4, -0.2) is 37.8 Å². The maximum Gasteiger partial charge on any atom is 0.462 e. The van der Waals surface area contributed by atoms with Gasteiger partial charge < -0.3 is 18.9 Å². The van der Waals surface area contributed by atoms with E-state index in [0.29, 0.717) is 23.1 Å². The molecular formula is C20H16BrF7N2O4. The van der Waals surface area contributed by atoms with Crippen molar-refractivity contribution in [3.05, 3.63) is 45.9 Å². The summed E-state index contributed by atoms with van der Waals surface area (Å²) < 4.78 is 111. The minimum atomic E-state index is -6.47. The molecule has 1 aliphatic heterocycles. The molecule has 0 spiro atoms. The highest BCUT2D eigenvalue weighted by atomic mass is 79.9. The van der Waals surface area contributed by atoms with Gasteiger partial charge in [-0.3, -0.25) is 0 Å². The van der Waals surface area contributed by atoms with E-state index in [2.05, 4.69) is 21.0 Å². The maximum atomic E-state index is 13.3. The Kier molecular flexibility index (Phi) is 7.38. The van der Waals surface area contributed by atoms with Crippen LogP contribution in [0.25, 0.3) is 0 Å². The third-order valence-corrected chi connectivity index (χ3v) is 4.91. The number of nitrogens with zero attached hydrogens (tertiary/aromatic N) is 1. The van der Waals surface area contributed by atoms with E-state index in [0.717, 1.165) is 5.56 Å². The highest BCUT2D eigenvalue weighted by Gasteiger charge is 2.73. The van der Waals surface area contributed by atoms with Gasteiger partial charge in [0.1, 0.15) is 6.61 Å². The second-order valence-electron chi connectivity index (χ2n) is 6.76. The lowest BCUT2D eigenvalue weighted by molar-refractivity contribution is -0.361. The van der Waals surface area contributed by atoms with Gasteiger partial charge in [0.2, 0.25) is 6.79 Å². The maximum absolute atomic E-state index is 13.3. The Bertz CT molecular complexity index is 1060. The molecular weight excluding hydrogens is 545 g/mol. The molecule has 0 unspecified atom stereocenters. The van der Waals surface area contributed by atoms with Crippen LogP contribution in [0.4, 0.5) is 30.7 Å². The van der Waals surface area contributed by atoms with E-state index in [9.17, 15) is 30.7 Å².